The van der Waals surface area contributed by atoms with Crippen LogP contribution in [-0.4, -0.2) is 18.8 Å². The number of hydrogen-bond acceptors (Lipinski definition) is 2. The van der Waals surface area contributed by atoms with E-state index >= 15 is 0 Å². The molecular weight excluding hydrogens is 256 g/mol. The maximum absolute atomic E-state index is 5.24. The standard InChI is InChI=1S/C15H24N2OS/c1-3-4-5-6-7-12-16-15(19)17-13-8-10-14(18-2)11-9-13/h8-11H,3-7,12H2,1-2H3,(H2,16,17,19). The van der Waals surface area contributed by atoms with Crippen molar-refractivity contribution in [1.29, 1.82) is 0 Å². The molecule has 106 valence electrons. The van der Waals surface area contributed by atoms with Gasteiger partial charge in [-0.3, -0.25) is 0 Å². The monoisotopic (exact) mass is 280 g/mol. The Kier molecular flexibility index (Phi) is 7.98. The lowest BCUT2D eigenvalue weighted by atomic mass is 10.1. The lowest BCUT2D eigenvalue weighted by Gasteiger charge is -2.10. The van der Waals surface area contributed by atoms with Crippen molar-refractivity contribution in [3.63, 3.8) is 0 Å². The minimum Gasteiger partial charge on any atom is -0.497 e. The maximum Gasteiger partial charge on any atom is 0.170 e. The molecule has 1 aromatic carbocycles. The van der Waals surface area contributed by atoms with Gasteiger partial charge < -0.3 is 15.4 Å². The number of nitrogens with one attached hydrogen (secondary N) is 2. The summed E-state index contributed by atoms with van der Waals surface area (Å²) in [5.74, 6) is 0.848. The van der Waals surface area contributed by atoms with Gasteiger partial charge in [-0.2, -0.15) is 0 Å². The van der Waals surface area contributed by atoms with Gasteiger partial charge in [0.1, 0.15) is 5.75 Å². The average molecular weight is 280 g/mol. The number of methoxy groups -OCH3 is 1. The summed E-state index contributed by atoms with van der Waals surface area (Å²) in [7, 11) is 1.66. The van der Waals surface area contributed by atoms with Crippen molar-refractivity contribution in [2.24, 2.45) is 0 Å². The van der Waals surface area contributed by atoms with E-state index in [9.17, 15) is 0 Å². The maximum atomic E-state index is 5.24. The van der Waals surface area contributed by atoms with Crippen LogP contribution >= 0.6 is 12.2 Å². The number of ether oxygens (including phenoxy) is 1. The van der Waals surface area contributed by atoms with Crippen LogP contribution in [0.3, 0.4) is 0 Å². The smallest absolute Gasteiger partial charge is 0.170 e. The van der Waals surface area contributed by atoms with Gasteiger partial charge in [0, 0.05) is 12.2 Å². The topological polar surface area (TPSA) is 33.3 Å². The molecule has 0 aliphatic rings. The molecule has 0 unspecified atom stereocenters. The number of benzene rings is 1. The molecule has 0 saturated carbocycles. The first-order valence-electron chi connectivity index (χ1n) is 6.95. The van der Waals surface area contributed by atoms with Crippen LogP contribution in [0.1, 0.15) is 39.0 Å². The zero-order valence-corrected chi connectivity index (χ0v) is 12.7. The van der Waals surface area contributed by atoms with Crippen LogP contribution in [-0.2, 0) is 0 Å². The fourth-order valence-corrected chi connectivity index (χ4v) is 2.00. The summed E-state index contributed by atoms with van der Waals surface area (Å²) in [6, 6.07) is 7.73. The summed E-state index contributed by atoms with van der Waals surface area (Å²) < 4.78 is 5.11. The molecule has 4 heteroatoms. The highest BCUT2D eigenvalue weighted by Gasteiger charge is 1.97. The predicted molar refractivity (Wildman–Crippen MR) is 86.0 cm³/mol. The quantitative estimate of drug-likeness (QED) is 0.558. The molecule has 0 fully saturated rings. The minimum absolute atomic E-state index is 0.681. The Morgan fingerprint density at radius 3 is 2.42 bits per heavy atom. The molecule has 1 aromatic rings. The minimum atomic E-state index is 0.681. The normalized spacial score (nSPS) is 10.0. The van der Waals surface area contributed by atoms with E-state index in [2.05, 4.69) is 17.6 Å². The first kappa shape index (κ1) is 15.8. The Bertz CT molecular complexity index is 365. The van der Waals surface area contributed by atoms with Crippen molar-refractivity contribution in [3.8, 4) is 5.75 Å². The van der Waals surface area contributed by atoms with Crippen LogP contribution < -0.4 is 15.4 Å². The number of anilines is 1. The van der Waals surface area contributed by atoms with Crippen molar-refractivity contribution in [1.82, 2.24) is 5.32 Å². The van der Waals surface area contributed by atoms with Crippen molar-refractivity contribution < 1.29 is 4.74 Å². The molecule has 0 aliphatic heterocycles. The first-order chi connectivity index (χ1) is 9.26. The second-order valence-corrected chi connectivity index (χ2v) is 4.93. The molecule has 3 nitrogen and oxygen atoms in total. The van der Waals surface area contributed by atoms with Crippen LogP contribution in [0.15, 0.2) is 24.3 Å². The lowest BCUT2D eigenvalue weighted by Crippen LogP contribution is -2.29. The van der Waals surface area contributed by atoms with Gasteiger partial charge in [0.05, 0.1) is 7.11 Å². The van der Waals surface area contributed by atoms with E-state index in [0.29, 0.717) is 5.11 Å². The second kappa shape index (κ2) is 9.62. The Hall–Kier alpha value is -1.29. The highest BCUT2D eigenvalue weighted by molar-refractivity contribution is 7.80. The van der Waals surface area contributed by atoms with E-state index in [1.54, 1.807) is 7.11 Å². The molecule has 0 aliphatic carbocycles. The van der Waals surface area contributed by atoms with E-state index in [1.165, 1.54) is 32.1 Å². The molecule has 0 radical (unpaired) electrons. The number of rotatable bonds is 8. The van der Waals surface area contributed by atoms with E-state index in [1.807, 2.05) is 24.3 Å². The molecule has 0 saturated heterocycles. The van der Waals surface area contributed by atoms with E-state index in [-0.39, 0.29) is 0 Å². The Labute approximate surface area is 121 Å². The zero-order valence-electron chi connectivity index (χ0n) is 11.9. The fraction of sp³-hybridized carbons (Fsp3) is 0.533. The molecule has 0 bridgehead atoms. The molecule has 0 amide bonds. The van der Waals surface area contributed by atoms with E-state index in [0.717, 1.165) is 18.0 Å². The molecule has 0 spiro atoms. The lowest BCUT2D eigenvalue weighted by molar-refractivity contribution is 0.415. The molecule has 0 heterocycles. The second-order valence-electron chi connectivity index (χ2n) is 4.52. The van der Waals surface area contributed by atoms with Gasteiger partial charge in [-0.05, 0) is 42.9 Å². The highest BCUT2D eigenvalue weighted by Crippen LogP contribution is 2.14. The van der Waals surface area contributed by atoms with Gasteiger partial charge >= 0.3 is 0 Å². The van der Waals surface area contributed by atoms with Gasteiger partial charge in [0.15, 0.2) is 5.11 Å². The van der Waals surface area contributed by atoms with Gasteiger partial charge in [0.2, 0.25) is 0 Å². The summed E-state index contributed by atoms with van der Waals surface area (Å²) in [4.78, 5) is 0. The summed E-state index contributed by atoms with van der Waals surface area (Å²) in [6.45, 7) is 3.16. The Morgan fingerprint density at radius 2 is 1.79 bits per heavy atom. The third kappa shape index (κ3) is 7.01. The van der Waals surface area contributed by atoms with E-state index in [4.69, 9.17) is 17.0 Å². The Morgan fingerprint density at radius 1 is 1.11 bits per heavy atom. The van der Waals surface area contributed by atoms with Crippen molar-refractivity contribution in [3.05, 3.63) is 24.3 Å². The van der Waals surface area contributed by atoms with Crippen molar-refractivity contribution in [2.45, 2.75) is 39.0 Å². The van der Waals surface area contributed by atoms with Crippen LogP contribution in [0.5, 0.6) is 5.75 Å². The Balaban J connectivity index is 2.16. The summed E-state index contributed by atoms with van der Waals surface area (Å²) in [5.41, 5.74) is 0.976. The fourth-order valence-electron chi connectivity index (χ4n) is 1.78. The van der Waals surface area contributed by atoms with Crippen LogP contribution in [0.25, 0.3) is 0 Å². The molecule has 2 N–H and O–H groups in total. The van der Waals surface area contributed by atoms with Crippen LogP contribution in [0.2, 0.25) is 0 Å². The summed E-state index contributed by atoms with van der Waals surface area (Å²) >= 11 is 5.24. The van der Waals surface area contributed by atoms with Crippen LogP contribution in [0, 0.1) is 0 Å². The molecule has 19 heavy (non-hydrogen) atoms. The number of unbranched alkanes of at least 4 members (excludes halogenated alkanes) is 4. The van der Waals surface area contributed by atoms with E-state index < -0.39 is 0 Å². The van der Waals surface area contributed by atoms with Crippen molar-refractivity contribution in [2.75, 3.05) is 19.0 Å². The van der Waals surface area contributed by atoms with Gasteiger partial charge in [-0.1, -0.05) is 32.6 Å². The zero-order chi connectivity index (χ0) is 13.9. The van der Waals surface area contributed by atoms with Gasteiger partial charge in [-0.15, -0.1) is 0 Å². The number of thiocarbonyl (C=S) groups is 1. The summed E-state index contributed by atoms with van der Waals surface area (Å²) in [6.07, 6.45) is 6.37. The molecular formula is C15H24N2OS. The average Bonchev–Trinajstić information content (AvgIpc) is 2.43. The van der Waals surface area contributed by atoms with Gasteiger partial charge in [0.25, 0.3) is 0 Å². The first-order valence-corrected chi connectivity index (χ1v) is 7.36. The molecule has 1 rings (SSSR count). The largest absolute Gasteiger partial charge is 0.497 e. The van der Waals surface area contributed by atoms with Crippen LogP contribution in [0.4, 0.5) is 5.69 Å². The predicted octanol–water partition coefficient (Wildman–Crippen LogP) is 3.95. The molecule has 0 atom stereocenters. The van der Waals surface area contributed by atoms with Gasteiger partial charge in [-0.25, -0.2) is 0 Å². The SMILES string of the molecule is CCCCCCCNC(=S)Nc1ccc(OC)cc1. The molecule has 0 aromatic heterocycles. The summed E-state index contributed by atoms with van der Waals surface area (Å²) in [5, 5.41) is 7.07. The van der Waals surface area contributed by atoms with Crippen molar-refractivity contribution >= 4 is 23.0 Å². The third-order valence-corrected chi connectivity index (χ3v) is 3.16. The highest BCUT2D eigenvalue weighted by atomic mass is 32.1. The third-order valence-electron chi connectivity index (χ3n) is 2.91. The number of hydrogen-bond donors (Lipinski definition) is 2.